The highest BCUT2D eigenvalue weighted by Gasteiger charge is 2.16. The summed E-state index contributed by atoms with van der Waals surface area (Å²) >= 11 is 1.22. The fourth-order valence-corrected chi connectivity index (χ4v) is 4.66. The third kappa shape index (κ3) is 5.25. The number of ether oxygens (including phenoxy) is 1. The number of halogens is 1. The Labute approximate surface area is 161 Å². The SMILES string of the molecule is CCOC(=O)Cn1c(=NC(=O)CCC2CCCCC2)sc2cc(F)ccc21. The van der Waals surface area contributed by atoms with Gasteiger partial charge in [-0.25, -0.2) is 4.39 Å². The summed E-state index contributed by atoms with van der Waals surface area (Å²) in [5, 5.41) is 0. The highest BCUT2D eigenvalue weighted by atomic mass is 32.1. The molecule has 2 aromatic rings. The van der Waals surface area contributed by atoms with Gasteiger partial charge in [-0.15, -0.1) is 0 Å². The number of amides is 1. The number of rotatable bonds is 6. The first-order chi connectivity index (χ1) is 13.1. The van der Waals surface area contributed by atoms with Crippen LogP contribution >= 0.6 is 11.3 Å². The largest absolute Gasteiger partial charge is 0.465 e. The Hall–Kier alpha value is -2.02. The second kappa shape index (κ2) is 9.26. The molecule has 1 aromatic heterocycles. The molecular weight excluding hydrogens is 367 g/mol. The summed E-state index contributed by atoms with van der Waals surface area (Å²) in [6.45, 7) is 1.97. The summed E-state index contributed by atoms with van der Waals surface area (Å²) in [5.74, 6) is -0.342. The number of carbonyl (C=O) groups excluding carboxylic acids is 2. The van der Waals surface area contributed by atoms with Crippen LogP contribution < -0.4 is 4.80 Å². The second-order valence-corrected chi connectivity index (χ2v) is 7.95. The average molecular weight is 392 g/mol. The minimum atomic E-state index is -0.405. The van der Waals surface area contributed by atoms with Gasteiger partial charge in [0.2, 0.25) is 5.91 Å². The van der Waals surface area contributed by atoms with Crippen molar-refractivity contribution in [2.24, 2.45) is 10.9 Å². The maximum Gasteiger partial charge on any atom is 0.326 e. The molecule has 1 amide bonds. The van der Waals surface area contributed by atoms with Gasteiger partial charge in [-0.05, 0) is 37.5 Å². The normalized spacial score (nSPS) is 16.0. The summed E-state index contributed by atoms with van der Waals surface area (Å²) < 4.78 is 20.9. The fraction of sp³-hybridized carbons (Fsp3) is 0.550. The average Bonchev–Trinajstić information content (AvgIpc) is 2.97. The van der Waals surface area contributed by atoms with Crippen LogP contribution in [0.2, 0.25) is 0 Å². The Morgan fingerprint density at radius 3 is 2.81 bits per heavy atom. The smallest absolute Gasteiger partial charge is 0.326 e. The van der Waals surface area contributed by atoms with Crippen LogP contribution in [-0.2, 0) is 20.9 Å². The van der Waals surface area contributed by atoms with Crippen LogP contribution in [0.1, 0.15) is 51.9 Å². The molecule has 1 fully saturated rings. The number of hydrogen-bond donors (Lipinski definition) is 0. The van der Waals surface area contributed by atoms with E-state index in [0.717, 1.165) is 6.42 Å². The van der Waals surface area contributed by atoms with Gasteiger partial charge in [-0.2, -0.15) is 4.99 Å². The molecule has 27 heavy (non-hydrogen) atoms. The summed E-state index contributed by atoms with van der Waals surface area (Å²) in [4.78, 5) is 29.0. The van der Waals surface area contributed by atoms with E-state index in [1.165, 1.54) is 55.6 Å². The lowest BCUT2D eigenvalue weighted by Crippen LogP contribution is -2.23. The molecule has 146 valence electrons. The molecule has 1 heterocycles. The first kappa shape index (κ1) is 19.7. The van der Waals surface area contributed by atoms with E-state index in [1.807, 2.05) is 0 Å². The van der Waals surface area contributed by atoms with Gasteiger partial charge in [0.25, 0.3) is 0 Å². The third-order valence-electron chi connectivity index (χ3n) is 4.95. The van der Waals surface area contributed by atoms with E-state index in [4.69, 9.17) is 4.74 Å². The van der Waals surface area contributed by atoms with E-state index >= 15 is 0 Å². The Morgan fingerprint density at radius 2 is 2.07 bits per heavy atom. The summed E-state index contributed by atoms with van der Waals surface area (Å²) in [6.07, 6.45) is 7.44. The van der Waals surface area contributed by atoms with Crippen molar-refractivity contribution in [3.63, 3.8) is 0 Å². The van der Waals surface area contributed by atoms with E-state index in [2.05, 4.69) is 4.99 Å². The lowest BCUT2D eigenvalue weighted by atomic mass is 9.86. The Bertz CT molecular complexity index is 881. The second-order valence-electron chi connectivity index (χ2n) is 6.94. The molecule has 0 aliphatic heterocycles. The number of fused-ring (bicyclic) bond motifs is 1. The predicted octanol–water partition coefficient (Wildman–Crippen LogP) is 4.19. The predicted molar refractivity (Wildman–Crippen MR) is 103 cm³/mol. The molecule has 7 heteroatoms. The van der Waals surface area contributed by atoms with Crippen LogP contribution in [0.4, 0.5) is 4.39 Å². The van der Waals surface area contributed by atoms with Gasteiger partial charge in [0.05, 0.1) is 16.8 Å². The quantitative estimate of drug-likeness (QED) is 0.693. The van der Waals surface area contributed by atoms with Crippen molar-refractivity contribution in [3.05, 3.63) is 28.8 Å². The number of aromatic nitrogens is 1. The zero-order valence-electron chi connectivity index (χ0n) is 15.6. The zero-order chi connectivity index (χ0) is 19.2. The van der Waals surface area contributed by atoms with Gasteiger partial charge in [-0.3, -0.25) is 9.59 Å². The molecular formula is C20H25FN2O3S. The molecule has 0 unspecified atom stereocenters. The number of esters is 1. The molecule has 5 nitrogen and oxygen atoms in total. The molecule has 1 aliphatic rings. The van der Waals surface area contributed by atoms with E-state index in [0.29, 0.717) is 27.4 Å². The van der Waals surface area contributed by atoms with Gasteiger partial charge < -0.3 is 9.30 Å². The lowest BCUT2D eigenvalue weighted by molar-refractivity contribution is -0.143. The van der Waals surface area contributed by atoms with Gasteiger partial charge in [0, 0.05) is 6.42 Å². The number of nitrogens with zero attached hydrogens (tertiary/aromatic N) is 2. The molecule has 1 aromatic carbocycles. The van der Waals surface area contributed by atoms with Crippen molar-refractivity contribution in [1.82, 2.24) is 4.57 Å². The minimum Gasteiger partial charge on any atom is -0.465 e. The van der Waals surface area contributed by atoms with Crippen molar-refractivity contribution >= 4 is 33.4 Å². The van der Waals surface area contributed by atoms with Crippen LogP contribution in [0.25, 0.3) is 10.2 Å². The fourth-order valence-electron chi connectivity index (χ4n) is 3.59. The van der Waals surface area contributed by atoms with Gasteiger partial charge in [0.1, 0.15) is 12.4 Å². The van der Waals surface area contributed by atoms with Crippen molar-refractivity contribution < 1.29 is 18.7 Å². The molecule has 0 radical (unpaired) electrons. The van der Waals surface area contributed by atoms with Crippen molar-refractivity contribution in [2.45, 2.75) is 58.4 Å². The van der Waals surface area contributed by atoms with E-state index < -0.39 is 5.97 Å². The Kier molecular flexibility index (Phi) is 6.77. The first-order valence-corrected chi connectivity index (χ1v) is 10.4. The number of benzene rings is 1. The molecule has 0 bridgehead atoms. The van der Waals surface area contributed by atoms with Crippen LogP contribution in [0.5, 0.6) is 0 Å². The zero-order valence-corrected chi connectivity index (χ0v) is 16.4. The molecule has 0 N–H and O–H groups in total. The highest BCUT2D eigenvalue weighted by Crippen LogP contribution is 2.27. The van der Waals surface area contributed by atoms with E-state index in [-0.39, 0.29) is 24.9 Å². The topological polar surface area (TPSA) is 60.7 Å². The molecule has 0 saturated heterocycles. The Morgan fingerprint density at radius 1 is 1.30 bits per heavy atom. The standard InChI is InChI=1S/C20H25FN2O3S/c1-2-26-19(25)13-23-16-10-9-15(21)12-17(16)27-20(23)22-18(24)11-8-14-6-4-3-5-7-14/h9-10,12,14H,2-8,11,13H2,1H3. The molecule has 1 saturated carbocycles. The van der Waals surface area contributed by atoms with Crippen LogP contribution in [-0.4, -0.2) is 23.1 Å². The van der Waals surface area contributed by atoms with Crippen LogP contribution in [0, 0.1) is 11.7 Å². The van der Waals surface area contributed by atoms with E-state index in [9.17, 15) is 14.0 Å². The molecule has 1 aliphatic carbocycles. The summed E-state index contributed by atoms with van der Waals surface area (Å²) in [7, 11) is 0. The highest BCUT2D eigenvalue weighted by molar-refractivity contribution is 7.16. The van der Waals surface area contributed by atoms with E-state index in [1.54, 1.807) is 17.6 Å². The minimum absolute atomic E-state index is 0.0474. The van der Waals surface area contributed by atoms with Crippen LogP contribution in [0.3, 0.4) is 0 Å². The van der Waals surface area contributed by atoms with Crippen LogP contribution in [0.15, 0.2) is 23.2 Å². The number of carbonyl (C=O) groups is 2. The Balaban J connectivity index is 1.83. The summed E-state index contributed by atoms with van der Waals surface area (Å²) in [6, 6.07) is 4.34. The molecule has 0 spiro atoms. The maximum atomic E-state index is 13.6. The summed E-state index contributed by atoms with van der Waals surface area (Å²) in [5.41, 5.74) is 0.674. The monoisotopic (exact) mass is 392 g/mol. The van der Waals surface area contributed by atoms with Gasteiger partial charge >= 0.3 is 5.97 Å². The van der Waals surface area contributed by atoms with Crippen molar-refractivity contribution in [2.75, 3.05) is 6.61 Å². The number of thiazole rings is 1. The van der Waals surface area contributed by atoms with Crippen molar-refractivity contribution in [3.8, 4) is 0 Å². The van der Waals surface area contributed by atoms with Gasteiger partial charge in [0.15, 0.2) is 4.80 Å². The molecule has 0 atom stereocenters. The first-order valence-electron chi connectivity index (χ1n) is 9.59. The maximum absolute atomic E-state index is 13.6. The number of hydrogen-bond acceptors (Lipinski definition) is 4. The molecule has 3 rings (SSSR count). The lowest BCUT2D eigenvalue weighted by Gasteiger charge is -2.20. The third-order valence-corrected chi connectivity index (χ3v) is 5.99. The van der Waals surface area contributed by atoms with Crippen molar-refractivity contribution in [1.29, 1.82) is 0 Å². The van der Waals surface area contributed by atoms with Gasteiger partial charge in [-0.1, -0.05) is 43.4 Å².